The van der Waals surface area contributed by atoms with Crippen LogP contribution in [0.2, 0.25) is 0 Å². The number of benzene rings is 2. The van der Waals surface area contributed by atoms with Gasteiger partial charge in [-0.15, -0.1) is 0 Å². The van der Waals surface area contributed by atoms with Gasteiger partial charge in [-0.3, -0.25) is 9.59 Å². The molecule has 27 heavy (non-hydrogen) atoms. The van der Waals surface area contributed by atoms with Crippen LogP contribution in [0.1, 0.15) is 17.4 Å². The first-order valence-electron chi connectivity index (χ1n) is 7.94. The highest BCUT2D eigenvalue weighted by molar-refractivity contribution is 5.98. The number of fused-ring (bicyclic) bond motifs is 1. The molecule has 2 N–H and O–H groups in total. The molecule has 1 amide bonds. The van der Waals surface area contributed by atoms with E-state index in [0.29, 0.717) is 10.8 Å². The second-order valence-corrected chi connectivity index (χ2v) is 5.77. The molecule has 0 aliphatic rings. The molecule has 1 atom stereocenters. The van der Waals surface area contributed by atoms with Crippen molar-refractivity contribution in [3.63, 3.8) is 0 Å². The maximum atomic E-state index is 13.2. The number of amides is 1. The zero-order valence-corrected chi connectivity index (χ0v) is 14.1. The Morgan fingerprint density at radius 3 is 2.56 bits per heavy atom. The number of hydrogen-bond donors (Lipinski definition) is 2. The number of rotatable bonds is 4. The lowest BCUT2D eigenvalue weighted by Crippen LogP contribution is -2.30. The average molecular weight is 372 g/mol. The number of halogens is 2. The van der Waals surface area contributed by atoms with E-state index in [2.05, 4.69) is 10.3 Å². The fourth-order valence-corrected chi connectivity index (χ4v) is 2.42. The summed E-state index contributed by atoms with van der Waals surface area (Å²) in [7, 11) is 0. The molecule has 138 valence electrons. The van der Waals surface area contributed by atoms with Gasteiger partial charge in [0.15, 0.2) is 17.7 Å². The molecule has 1 heterocycles. The maximum absolute atomic E-state index is 13.2. The van der Waals surface area contributed by atoms with Crippen molar-refractivity contribution in [1.29, 1.82) is 0 Å². The average Bonchev–Trinajstić information content (AvgIpc) is 2.64. The van der Waals surface area contributed by atoms with Gasteiger partial charge in [-0.1, -0.05) is 18.2 Å². The van der Waals surface area contributed by atoms with Crippen LogP contribution in [0.5, 0.6) is 0 Å². The Morgan fingerprint density at radius 1 is 1.07 bits per heavy atom. The van der Waals surface area contributed by atoms with Crippen molar-refractivity contribution < 1.29 is 23.1 Å². The predicted molar refractivity (Wildman–Crippen MR) is 94.4 cm³/mol. The summed E-state index contributed by atoms with van der Waals surface area (Å²) in [5, 5.41) is 3.28. The number of aromatic nitrogens is 1. The van der Waals surface area contributed by atoms with Gasteiger partial charge in [0.05, 0.1) is 0 Å². The number of carbonyl (C=O) groups is 2. The second kappa shape index (κ2) is 7.36. The molecule has 0 spiro atoms. The monoisotopic (exact) mass is 372 g/mol. The van der Waals surface area contributed by atoms with Crippen LogP contribution in [0, 0.1) is 11.6 Å². The van der Waals surface area contributed by atoms with E-state index in [4.69, 9.17) is 4.74 Å². The standard InChI is InChI=1S/C19H14F2N2O4/c1-10(17(24)22-12-6-7-14(20)15(21)9-12)27-19(26)16-8-11-4-2-3-5-13(11)18(25)23-16/h2-10H,1H3,(H,22,24)(H,23,25)/t10-/m0/s1. The molecule has 0 aliphatic heterocycles. The molecule has 2 aromatic carbocycles. The molecular weight excluding hydrogens is 358 g/mol. The van der Waals surface area contributed by atoms with E-state index in [1.165, 1.54) is 19.1 Å². The van der Waals surface area contributed by atoms with Crippen LogP contribution in [0.4, 0.5) is 14.5 Å². The number of pyridine rings is 1. The topological polar surface area (TPSA) is 88.3 Å². The van der Waals surface area contributed by atoms with Crippen molar-refractivity contribution in [1.82, 2.24) is 4.98 Å². The van der Waals surface area contributed by atoms with Gasteiger partial charge in [0.25, 0.3) is 11.5 Å². The Bertz CT molecular complexity index is 1090. The van der Waals surface area contributed by atoms with Crippen LogP contribution >= 0.6 is 0 Å². The molecule has 0 unspecified atom stereocenters. The molecular formula is C19H14F2N2O4. The number of nitrogens with one attached hydrogen (secondary N) is 2. The summed E-state index contributed by atoms with van der Waals surface area (Å²) in [5.41, 5.74) is -0.550. The van der Waals surface area contributed by atoms with E-state index >= 15 is 0 Å². The van der Waals surface area contributed by atoms with Crippen LogP contribution in [-0.2, 0) is 9.53 Å². The van der Waals surface area contributed by atoms with Crippen LogP contribution in [-0.4, -0.2) is 23.0 Å². The zero-order valence-electron chi connectivity index (χ0n) is 14.1. The summed E-state index contributed by atoms with van der Waals surface area (Å²) in [6.45, 7) is 1.31. The molecule has 8 heteroatoms. The summed E-state index contributed by atoms with van der Waals surface area (Å²) in [6.07, 6.45) is -1.24. The largest absolute Gasteiger partial charge is 0.448 e. The third-order valence-electron chi connectivity index (χ3n) is 3.81. The smallest absolute Gasteiger partial charge is 0.355 e. The third kappa shape index (κ3) is 4.00. The highest BCUT2D eigenvalue weighted by Gasteiger charge is 2.20. The summed E-state index contributed by atoms with van der Waals surface area (Å²) >= 11 is 0. The van der Waals surface area contributed by atoms with Crippen LogP contribution in [0.25, 0.3) is 10.8 Å². The van der Waals surface area contributed by atoms with Crippen molar-refractivity contribution in [2.45, 2.75) is 13.0 Å². The van der Waals surface area contributed by atoms with E-state index in [1.807, 2.05) is 0 Å². The van der Waals surface area contributed by atoms with Crippen molar-refractivity contribution in [2.24, 2.45) is 0 Å². The van der Waals surface area contributed by atoms with Crippen LogP contribution in [0.15, 0.2) is 53.3 Å². The SMILES string of the molecule is C[C@H](OC(=O)c1cc2ccccc2c(=O)[nH]1)C(=O)Nc1ccc(F)c(F)c1. The van der Waals surface area contributed by atoms with Gasteiger partial charge < -0.3 is 15.0 Å². The number of hydrogen-bond acceptors (Lipinski definition) is 4. The third-order valence-corrected chi connectivity index (χ3v) is 3.81. The highest BCUT2D eigenvalue weighted by atomic mass is 19.2. The molecule has 0 radical (unpaired) electrons. The van der Waals surface area contributed by atoms with Crippen LogP contribution in [0.3, 0.4) is 0 Å². The number of esters is 1. The van der Waals surface area contributed by atoms with E-state index in [9.17, 15) is 23.2 Å². The van der Waals surface area contributed by atoms with E-state index in [0.717, 1.165) is 12.1 Å². The first-order valence-corrected chi connectivity index (χ1v) is 7.94. The van der Waals surface area contributed by atoms with Gasteiger partial charge >= 0.3 is 5.97 Å². The van der Waals surface area contributed by atoms with Gasteiger partial charge in [-0.05, 0) is 36.6 Å². The highest BCUT2D eigenvalue weighted by Crippen LogP contribution is 2.14. The van der Waals surface area contributed by atoms with Gasteiger partial charge in [0, 0.05) is 17.1 Å². The lowest BCUT2D eigenvalue weighted by molar-refractivity contribution is -0.123. The van der Waals surface area contributed by atoms with Gasteiger partial charge in [-0.2, -0.15) is 0 Å². The minimum absolute atomic E-state index is 0.0147. The minimum Gasteiger partial charge on any atom is -0.448 e. The van der Waals surface area contributed by atoms with Crippen molar-refractivity contribution in [3.8, 4) is 0 Å². The van der Waals surface area contributed by atoms with E-state index in [-0.39, 0.29) is 11.4 Å². The number of H-pyrrole nitrogens is 1. The quantitative estimate of drug-likeness (QED) is 0.689. The Labute approximate surface area is 151 Å². The van der Waals surface area contributed by atoms with Crippen LogP contribution < -0.4 is 10.9 Å². The van der Waals surface area contributed by atoms with Crippen molar-refractivity contribution >= 4 is 28.3 Å². The molecule has 0 fully saturated rings. The Kier molecular flexibility index (Phi) is 4.98. The second-order valence-electron chi connectivity index (χ2n) is 5.77. The molecule has 0 saturated carbocycles. The number of ether oxygens (including phenoxy) is 1. The van der Waals surface area contributed by atoms with E-state index < -0.39 is 35.2 Å². The lowest BCUT2D eigenvalue weighted by atomic mass is 10.1. The van der Waals surface area contributed by atoms with Gasteiger partial charge in [0.1, 0.15) is 5.69 Å². The summed E-state index contributed by atoms with van der Waals surface area (Å²) < 4.78 is 31.1. The molecule has 0 aliphatic carbocycles. The molecule has 6 nitrogen and oxygen atoms in total. The molecule has 3 rings (SSSR count). The zero-order chi connectivity index (χ0) is 19.6. The Morgan fingerprint density at radius 2 is 1.81 bits per heavy atom. The fraction of sp³-hybridized carbons (Fsp3) is 0.105. The molecule has 0 saturated heterocycles. The number of anilines is 1. The lowest BCUT2D eigenvalue weighted by Gasteiger charge is -2.14. The van der Waals surface area contributed by atoms with Crippen molar-refractivity contribution in [3.05, 3.63) is 76.2 Å². The Hall–Kier alpha value is -3.55. The summed E-state index contributed by atoms with van der Waals surface area (Å²) in [4.78, 5) is 38.7. The fourth-order valence-electron chi connectivity index (χ4n) is 2.42. The van der Waals surface area contributed by atoms with Gasteiger partial charge in [-0.25, -0.2) is 13.6 Å². The van der Waals surface area contributed by atoms with Gasteiger partial charge in [0.2, 0.25) is 0 Å². The summed E-state index contributed by atoms with van der Waals surface area (Å²) in [6, 6.07) is 11.0. The number of carbonyl (C=O) groups excluding carboxylic acids is 2. The first kappa shape index (κ1) is 18.2. The molecule has 3 aromatic rings. The molecule has 0 bridgehead atoms. The predicted octanol–water partition coefficient (Wildman–Crippen LogP) is 2.99. The minimum atomic E-state index is -1.24. The Balaban J connectivity index is 1.72. The summed E-state index contributed by atoms with van der Waals surface area (Å²) in [5.74, 6) is -3.80. The van der Waals surface area contributed by atoms with E-state index in [1.54, 1.807) is 24.3 Å². The first-order chi connectivity index (χ1) is 12.8. The maximum Gasteiger partial charge on any atom is 0.355 e. The normalized spacial score (nSPS) is 11.8. The number of aromatic amines is 1. The van der Waals surface area contributed by atoms with Crippen molar-refractivity contribution in [2.75, 3.05) is 5.32 Å². The molecule has 1 aromatic heterocycles.